The van der Waals surface area contributed by atoms with Gasteiger partial charge in [-0.25, -0.2) is 0 Å². The average Bonchev–Trinajstić information content (AvgIpc) is 3.06. The Morgan fingerprint density at radius 1 is 1.35 bits per heavy atom. The maximum Gasteiger partial charge on any atom is 0.328 e. The Labute approximate surface area is 137 Å². The van der Waals surface area contributed by atoms with Crippen molar-refractivity contribution in [3.8, 4) is 6.07 Å². The average molecular weight is 314 g/mol. The molecule has 0 amide bonds. The molecular formula is C18H24N3O2+. The molecule has 0 spiro atoms. The molecule has 2 rings (SSSR count). The standard InChI is InChI=1S/C18H23N3O2/c1-2-23-18(22)17(11-19)13-20-12-15-5-7-16(8-6-15)14-21-9-3-4-10-21/h5-8,13,17H,2-4,9-10,12,14H2,1H3/p+1/t17-/m1/s1. The summed E-state index contributed by atoms with van der Waals surface area (Å²) in [5.74, 6) is -1.46. The van der Waals surface area contributed by atoms with Crippen LogP contribution < -0.4 is 4.90 Å². The Hall–Kier alpha value is -2.19. The van der Waals surface area contributed by atoms with Gasteiger partial charge in [-0.3, -0.25) is 9.79 Å². The normalized spacial score (nSPS) is 16.3. The fourth-order valence-electron chi connectivity index (χ4n) is 2.75. The maximum absolute atomic E-state index is 11.5. The van der Waals surface area contributed by atoms with Crippen LogP contribution in [0.5, 0.6) is 0 Å². The lowest BCUT2D eigenvalue weighted by molar-refractivity contribution is -0.901. The lowest BCUT2D eigenvalue weighted by Gasteiger charge is -2.12. The summed E-state index contributed by atoms with van der Waals surface area (Å²) in [5, 5.41) is 8.95. The molecule has 1 N–H and O–H groups in total. The van der Waals surface area contributed by atoms with Crippen LogP contribution in [-0.4, -0.2) is 31.9 Å². The smallest absolute Gasteiger partial charge is 0.328 e. The molecule has 1 heterocycles. The molecule has 5 nitrogen and oxygen atoms in total. The fraction of sp³-hybridized carbons (Fsp3) is 0.500. The second-order valence-electron chi connectivity index (χ2n) is 5.80. The number of nitrogens with zero attached hydrogens (tertiary/aromatic N) is 2. The highest BCUT2D eigenvalue weighted by atomic mass is 16.5. The molecule has 0 aromatic heterocycles. The number of nitrogens with one attached hydrogen (secondary N) is 1. The Balaban J connectivity index is 1.84. The second-order valence-corrected chi connectivity index (χ2v) is 5.80. The minimum absolute atomic E-state index is 0.269. The molecule has 0 bridgehead atoms. The van der Waals surface area contributed by atoms with Gasteiger partial charge in [0.25, 0.3) is 0 Å². The molecule has 0 radical (unpaired) electrons. The van der Waals surface area contributed by atoms with Crippen LogP contribution >= 0.6 is 0 Å². The first-order valence-electron chi connectivity index (χ1n) is 8.20. The van der Waals surface area contributed by atoms with Crippen molar-refractivity contribution in [3.05, 3.63) is 35.4 Å². The van der Waals surface area contributed by atoms with Gasteiger partial charge >= 0.3 is 5.97 Å². The van der Waals surface area contributed by atoms with Crippen LogP contribution in [-0.2, 0) is 22.6 Å². The summed E-state index contributed by atoms with van der Waals surface area (Å²) < 4.78 is 4.82. The van der Waals surface area contributed by atoms with E-state index in [1.807, 2.05) is 6.07 Å². The molecule has 0 aliphatic carbocycles. The number of nitriles is 1. The largest absolute Gasteiger partial charge is 0.465 e. The molecule has 0 unspecified atom stereocenters. The third kappa shape index (κ3) is 5.50. The summed E-state index contributed by atoms with van der Waals surface area (Å²) in [6, 6.07) is 10.3. The van der Waals surface area contributed by atoms with Crippen molar-refractivity contribution < 1.29 is 14.4 Å². The lowest BCUT2D eigenvalue weighted by atomic mass is 10.1. The molecule has 1 aliphatic rings. The van der Waals surface area contributed by atoms with Gasteiger partial charge in [0.05, 0.1) is 32.3 Å². The van der Waals surface area contributed by atoms with Gasteiger partial charge in [0.15, 0.2) is 5.92 Å². The second kappa shape index (κ2) is 9.06. The predicted octanol–water partition coefficient (Wildman–Crippen LogP) is 1.14. The van der Waals surface area contributed by atoms with Gasteiger partial charge in [-0.2, -0.15) is 5.26 Å². The number of rotatable bonds is 7. The van der Waals surface area contributed by atoms with Gasteiger partial charge in [0.1, 0.15) is 6.54 Å². The number of benzene rings is 1. The van der Waals surface area contributed by atoms with Gasteiger partial charge in [-0.1, -0.05) is 24.3 Å². The number of likely N-dealkylation sites (tertiary alicyclic amines) is 1. The van der Waals surface area contributed by atoms with Gasteiger partial charge in [-0.15, -0.1) is 0 Å². The first-order chi connectivity index (χ1) is 11.2. The van der Waals surface area contributed by atoms with Crippen molar-refractivity contribution in [2.24, 2.45) is 10.9 Å². The number of carbonyl (C=O) groups is 1. The summed E-state index contributed by atoms with van der Waals surface area (Å²) in [6.07, 6.45) is 4.05. The molecule has 1 saturated heterocycles. The zero-order valence-electron chi connectivity index (χ0n) is 13.6. The Kier molecular flexibility index (Phi) is 6.76. The summed E-state index contributed by atoms with van der Waals surface area (Å²) in [5.41, 5.74) is 2.41. The molecule has 1 aliphatic heterocycles. The number of hydrogen-bond acceptors (Lipinski definition) is 4. The SMILES string of the molecule is CCOC(=O)[C@H](C#N)C=NCc1ccc(C[NH+]2CCCC2)cc1. The Bertz CT molecular complexity index is 569. The van der Waals surface area contributed by atoms with Crippen LogP contribution in [0.25, 0.3) is 0 Å². The third-order valence-corrected chi connectivity index (χ3v) is 4.00. The quantitative estimate of drug-likeness (QED) is 0.606. The van der Waals surface area contributed by atoms with E-state index in [9.17, 15) is 4.79 Å². The predicted molar refractivity (Wildman–Crippen MR) is 88.0 cm³/mol. The minimum atomic E-state index is -0.923. The highest BCUT2D eigenvalue weighted by Crippen LogP contribution is 2.06. The van der Waals surface area contributed by atoms with E-state index in [0.29, 0.717) is 6.54 Å². The molecule has 1 atom stereocenters. The molecule has 0 saturated carbocycles. The van der Waals surface area contributed by atoms with Crippen molar-refractivity contribution >= 4 is 12.2 Å². The van der Waals surface area contributed by atoms with Crippen molar-refractivity contribution in [1.29, 1.82) is 5.26 Å². The number of quaternary nitrogens is 1. The molecule has 1 aromatic rings. The van der Waals surface area contributed by atoms with Gasteiger partial charge in [0.2, 0.25) is 0 Å². The van der Waals surface area contributed by atoms with E-state index < -0.39 is 11.9 Å². The first kappa shape index (κ1) is 17.2. The van der Waals surface area contributed by atoms with E-state index >= 15 is 0 Å². The van der Waals surface area contributed by atoms with E-state index in [-0.39, 0.29) is 6.61 Å². The lowest BCUT2D eigenvalue weighted by Crippen LogP contribution is -3.08. The number of ether oxygens (including phenoxy) is 1. The van der Waals surface area contributed by atoms with Gasteiger partial charge in [-0.05, 0) is 12.5 Å². The maximum atomic E-state index is 11.5. The van der Waals surface area contributed by atoms with E-state index in [1.165, 1.54) is 37.7 Å². The first-order valence-corrected chi connectivity index (χ1v) is 8.20. The van der Waals surface area contributed by atoms with Crippen molar-refractivity contribution in [3.63, 3.8) is 0 Å². The van der Waals surface area contributed by atoms with Crippen LogP contribution in [0.15, 0.2) is 29.3 Å². The van der Waals surface area contributed by atoms with Crippen LogP contribution in [0.4, 0.5) is 0 Å². The molecular weight excluding hydrogens is 290 g/mol. The highest BCUT2D eigenvalue weighted by molar-refractivity contribution is 5.92. The molecule has 1 aromatic carbocycles. The van der Waals surface area contributed by atoms with Gasteiger partial charge in [0, 0.05) is 24.6 Å². The minimum Gasteiger partial charge on any atom is -0.465 e. The number of aliphatic imine (C=N–C) groups is 1. The molecule has 1 fully saturated rings. The number of hydrogen-bond donors (Lipinski definition) is 1. The molecule has 5 heteroatoms. The highest BCUT2D eigenvalue weighted by Gasteiger charge is 2.16. The van der Waals surface area contributed by atoms with Crippen LogP contribution in [0.2, 0.25) is 0 Å². The Morgan fingerprint density at radius 3 is 2.61 bits per heavy atom. The zero-order valence-corrected chi connectivity index (χ0v) is 13.6. The summed E-state index contributed by atoms with van der Waals surface area (Å²) in [6.45, 7) is 6.09. The van der Waals surface area contributed by atoms with Crippen LogP contribution in [0, 0.1) is 17.2 Å². The van der Waals surface area contributed by atoms with E-state index in [1.54, 1.807) is 11.8 Å². The Morgan fingerprint density at radius 2 is 2.00 bits per heavy atom. The summed E-state index contributed by atoms with van der Waals surface area (Å²) in [7, 11) is 0. The van der Waals surface area contributed by atoms with Crippen LogP contribution in [0.3, 0.4) is 0 Å². The topological polar surface area (TPSA) is 66.9 Å². The van der Waals surface area contributed by atoms with E-state index in [0.717, 1.165) is 12.1 Å². The number of carbonyl (C=O) groups excluding carboxylic acids is 1. The van der Waals surface area contributed by atoms with E-state index in [2.05, 4.69) is 29.3 Å². The van der Waals surface area contributed by atoms with Crippen molar-refractivity contribution in [2.45, 2.75) is 32.9 Å². The fourth-order valence-corrected chi connectivity index (χ4v) is 2.75. The molecule has 23 heavy (non-hydrogen) atoms. The zero-order chi connectivity index (χ0) is 16.5. The number of esters is 1. The van der Waals surface area contributed by atoms with E-state index in [4.69, 9.17) is 10.00 Å². The summed E-state index contributed by atoms with van der Waals surface area (Å²) >= 11 is 0. The van der Waals surface area contributed by atoms with Crippen molar-refractivity contribution in [2.75, 3.05) is 19.7 Å². The van der Waals surface area contributed by atoms with Gasteiger partial charge < -0.3 is 9.64 Å². The third-order valence-electron chi connectivity index (χ3n) is 4.00. The monoisotopic (exact) mass is 314 g/mol. The van der Waals surface area contributed by atoms with Crippen molar-refractivity contribution in [1.82, 2.24) is 0 Å². The summed E-state index contributed by atoms with van der Waals surface area (Å²) in [4.78, 5) is 17.3. The van der Waals surface area contributed by atoms with Crippen LogP contribution in [0.1, 0.15) is 30.9 Å². The molecule has 122 valence electrons.